The number of anilines is 2. The molecular formula is C50H54F3N7O7S2. The van der Waals surface area contributed by atoms with E-state index < -0.39 is 64.5 Å². The average molecular weight is 986 g/mol. The molecule has 0 bridgehead atoms. The Hall–Kier alpha value is -6.35. The third-order valence-electron chi connectivity index (χ3n) is 11.5. The molecule has 0 spiro atoms. The number of alkyl halides is 3. The standard InChI is InChI=1S/C50H54F3N7O7S2/c1-31-42(69-30-56-31)35-14-10-33(11-15-35)27-55-44(63)40-26-38(61)28-58(40)45(64)43(48(2,3)4)57-41(62)29-67-24-8-23-66-22-7-9-32-12-17-36(18-13-32)60-47(68)59(46(65)49(60,5)6)37-19-16-34(20-21-54)39(25-37)50(51,52)53/h10-19,25,30,38,40,43,61H,8,22-24,26-29,54H2,1-6H3,(H,55,63)(H,57,62)/t38-,40+,43?/m1/s1. The zero-order valence-corrected chi connectivity index (χ0v) is 40.7. The maximum absolute atomic E-state index is 14.0. The highest BCUT2D eigenvalue weighted by molar-refractivity contribution is 7.81. The van der Waals surface area contributed by atoms with Crippen molar-refractivity contribution in [2.45, 2.75) is 90.8 Å². The van der Waals surface area contributed by atoms with Gasteiger partial charge in [-0.2, -0.15) is 13.2 Å². The zero-order valence-electron chi connectivity index (χ0n) is 39.0. The molecule has 5 N–H and O–H groups in total. The van der Waals surface area contributed by atoms with Gasteiger partial charge in [0.1, 0.15) is 30.8 Å². The van der Waals surface area contributed by atoms with Gasteiger partial charge in [-0.1, -0.05) is 56.9 Å². The number of β-amino-alcohol motifs (C(OH)–C–C–N with tert-alkyl or cyclic N) is 1. The van der Waals surface area contributed by atoms with Crippen molar-refractivity contribution in [3.63, 3.8) is 0 Å². The van der Waals surface area contributed by atoms with Crippen molar-refractivity contribution in [2.75, 3.05) is 42.8 Å². The fourth-order valence-corrected chi connectivity index (χ4v) is 9.25. The van der Waals surface area contributed by atoms with E-state index in [2.05, 4.69) is 33.4 Å². The van der Waals surface area contributed by atoms with Gasteiger partial charge in [-0.3, -0.25) is 24.1 Å². The molecule has 4 amide bonds. The van der Waals surface area contributed by atoms with Gasteiger partial charge in [-0.15, -0.1) is 11.3 Å². The summed E-state index contributed by atoms with van der Waals surface area (Å²) >= 11 is 7.21. The number of hydrogen-bond donors (Lipinski definition) is 4. The van der Waals surface area contributed by atoms with Gasteiger partial charge in [0.05, 0.1) is 40.0 Å². The molecule has 1 unspecified atom stereocenters. The van der Waals surface area contributed by atoms with Crippen molar-refractivity contribution in [2.24, 2.45) is 11.1 Å². The van der Waals surface area contributed by atoms with Crippen LogP contribution in [0.25, 0.3) is 10.4 Å². The van der Waals surface area contributed by atoms with E-state index in [1.54, 1.807) is 80.6 Å². The lowest BCUT2D eigenvalue weighted by atomic mass is 9.85. The molecule has 2 aliphatic rings. The topological polar surface area (TPSA) is 180 Å². The van der Waals surface area contributed by atoms with Crippen molar-refractivity contribution < 1.29 is 46.9 Å². The van der Waals surface area contributed by atoms with Crippen LogP contribution >= 0.6 is 23.6 Å². The van der Waals surface area contributed by atoms with Crippen LogP contribution in [0, 0.1) is 36.1 Å². The lowest BCUT2D eigenvalue weighted by molar-refractivity contribution is -0.144. The molecule has 3 aromatic carbocycles. The number of aromatic nitrogens is 1. The predicted molar refractivity (Wildman–Crippen MR) is 260 cm³/mol. The largest absolute Gasteiger partial charge is 0.417 e. The van der Waals surface area contributed by atoms with E-state index in [9.17, 15) is 37.5 Å². The summed E-state index contributed by atoms with van der Waals surface area (Å²) in [4.78, 5) is 63.4. The minimum absolute atomic E-state index is 0.00417. The molecule has 2 saturated heterocycles. The summed E-state index contributed by atoms with van der Waals surface area (Å²) in [6, 6.07) is 18.1. The number of rotatable bonds is 15. The number of carbonyl (C=O) groups excluding carboxylic acids is 4. The fraction of sp³-hybridized carbons (Fsp3) is 0.400. The first kappa shape index (κ1) is 52.0. The summed E-state index contributed by atoms with van der Waals surface area (Å²) in [6.45, 7) is 11.1. The molecule has 0 saturated carbocycles. The van der Waals surface area contributed by atoms with Crippen LogP contribution in [0.3, 0.4) is 0 Å². The maximum atomic E-state index is 14.0. The zero-order chi connectivity index (χ0) is 50.3. The molecule has 0 radical (unpaired) electrons. The second kappa shape index (κ2) is 21.9. The van der Waals surface area contributed by atoms with Gasteiger partial charge in [0.15, 0.2) is 5.11 Å². The van der Waals surface area contributed by atoms with Gasteiger partial charge < -0.3 is 40.7 Å². The van der Waals surface area contributed by atoms with Crippen molar-refractivity contribution in [3.05, 3.63) is 100 Å². The Labute approximate surface area is 408 Å². The molecule has 4 aromatic rings. The number of aliphatic hydroxyl groups excluding tert-OH is 1. The summed E-state index contributed by atoms with van der Waals surface area (Å²) in [5.41, 5.74) is 7.63. The van der Waals surface area contributed by atoms with Crippen LogP contribution in [-0.2, 0) is 41.4 Å². The molecule has 19 heteroatoms. The highest BCUT2D eigenvalue weighted by Crippen LogP contribution is 2.40. The van der Waals surface area contributed by atoms with Crippen molar-refractivity contribution in [3.8, 4) is 34.2 Å². The van der Waals surface area contributed by atoms with Crippen LogP contribution in [-0.4, -0.2) is 100 Å². The molecule has 69 heavy (non-hydrogen) atoms. The maximum Gasteiger partial charge on any atom is 0.417 e. The Morgan fingerprint density at radius 2 is 1.70 bits per heavy atom. The summed E-state index contributed by atoms with van der Waals surface area (Å²) in [6.07, 6.45) is -5.12. The number of nitrogens with zero attached hydrogens (tertiary/aromatic N) is 4. The third-order valence-corrected chi connectivity index (χ3v) is 12.8. The summed E-state index contributed by atoms with van der Waals surface area (Å²) in [5.74, 6) is 6.28. The molecule has 14 nitrogen and oxygen atoms in total. The molecular weight excluding hydrogens is 932 g/mol. The number of carbonyl (C=O) groups is 4. The molecule has 0 aliphatic carbocycles. The van der Waals surface area contributed by atoms with Crippen LogP contribution in [0.15, 0.2) is 72.2 Å². The number of likely N-dealkylation sites (tertiary alicyclic amines) is 1. The van der Waals surface area contributed by atoms with Gasteiger partial charge in [-0.05, 0) is 104 Å². The van der Waals surface area contributed by atoms with E-state index in [4.69, 9.17) is 27.4 Å². The number of hydrogen-bond acceptors (Lipinski definition) is 11. The van der Waals surface area contributed by atoms with Crippen molar-refractivity contribution in [1.82, 2.24) is 20.5 Å². The Morgan fingerprint density at radius 3 is 2.33 bits per heavy atom. The van der Waals surface area contributed by atoms with Crippen LogP contribution in [0.1, 0.15) is 75.4 Å². The number of amides is 4. The normalized spacial score (nSPS) is 17.2. The van der Waals surface area contributed by atoms with E-state index in [0.717, 1.165) is 38.7 Å². The Balaban J connectivity index is 0.930. The predicted octanol–water partition coefficient (Wildman–Crippen LogP) is 5.91. The van der Waals surface area contributed by atoms with Gasteiger partial charge in [0.2, 0.25) is 17.7 Å². The number of nitrogens with one attached hydrogen (secondary N) is 2. The number of ether oxygens (including phenoxy) is 2. The third kappa shape index (κ3) is 12.5. The summed E-state index contributed by atoms with van der Waals surface area (Å²) in [5, 5.41) is 16.2. The number of halogens is 3. The van der Waals surface area contributed by atoms with E-state index in [1.807, 2.05) is 37.2 Å². The SMILES string of the molecule is Cc1ncsc1-c1ccc(CNC(=O)[C@@H]2C[C@@H](O)CN2C(=O)C(NC(=O)COCCCOCC#Cc2ccc(N3C(=S)N(c4ccc(C#CN)c(C(F)(F)F)c4)C(=O)C3(C)C)cc2)C(C)(C)C)cc1. The lowest BCUT2D eigenvalue weighted by Crippen LogP contribution is -2.58. The van der Waals surface area contributed by atoms with E-state index in [0.29, 0.717) is 17.7 Å². The number of benzene rings is 3. The molecule has 1 aromatic heterocycles. The Bertz CT molecular complexity index is 2680. The number of aryl methyl sites for hydroxylation is 1. The van der Waals surface area contributed by atoms with Gasteiger partial charge >= 0.3 is 6.18 Å². The van der Waals surface area contributed by atoms with Crippen LogP contribution in [0.2, 0.25) is 0 Å². The molecule has 3 heterocycles. The Morgan fingerprint density at radius 1 is 1.01 bits per heavy atom. The average Bonchev–Trinajstić information content (AvgIpc) is 3.96. The lowest BCUT2D eigenvalue weighted by Gasteiger charge is -2.35. The van der Waals surface area contributed by atoms with Crippen molar-refractivity contribution in [1.29, 1.82) is 0 Å². The van der Waals surface area contributed by atoms with Crippen LogP contribution < -0.4 is 26.2 Å². The minimum atomic E-state index is -4.75. The second-order valence-corrected chi connectivity index (χ2v) is 19.3. The number of thiocarbonyl (C=S) groups is 1. The minimum Gasteiger partial charge on any atom is -0.391 e. The van der Waals surface area contributed by atoms with Gasteiger partial charge in [0.25, 0.3) is 5.91 Å². The first-order valence-corrected chi connectivity index (χ1v) is 23.3. The molecule has 2 fully saturated rings. The van der Waals surface area contributed by atoms with Gasteiger partial charge in [0, 0.05) is 49.0 Å². The quantitative estimate of drug-likeness (QED) is 0.0482. The van der Waals surface area contributed by atoms with E-state index in [1.165, 1.54) is 11.0 Å². The highest BCUT2D eigenvalue weighted by Gasteiger charge is 2.51. The Kier molecular flexibility index (Phi) is 16.5. The monoisotopic (exact) mass is 985 g/mol. The highest BCUT2D eigenvalue weighted by atomic mass is 32.1. The molecule has 6 rings (SSSR count). The smallest absolute Gasteiger partial charge is 0.391 e. The van der Waals surface area contributed by atoms with E-state index in [-0.39, 0.29) is 62.3 Å². The molecule has 364 valence electrons. The first-order chi connectivity index (χ1) is 32.6. The second-order valence-electron chi connectivity index (χ2n) is 18.1. The first-order valence-electron chi connectivity index (χ1n) is 22.0. The summed E-state index contributed by atoms with van der Waals surface area (Å²) in [7, 11) is 0. The summed E-state index contributed by atoms with van der Waals surface area (Å²) < 4.78 is 52.8. The number of thiazole rings is 1. The number of aliphatic hydroxyl groups is 1. The van der Waals surface area contributed by atoms with Crippen molar-refractivity contribution >= 4 is 63.7 Å². The van der Waals surface area contributed by atoms with Gasteiger partial charge in [-0.25, -0.2) is 4.98 Å². The van der Waals surface area contributed by atoms with Crippen LogP contribution in [0.5, 0.6) is 0 Å². The van der Waals surface area contributed by atoms with Crippen LogP contribution in [0.4, 0.5) is 24.5 Å². The van der Waals surface area contributed by atoms with E-state index >= 15 is 0 Å². The molecule has 3 atom stereocenters. The number of nitrogens with two attached hydrogens (primary N) is 1. The molecule has 2 aliphatic heterocycles. The fourth-order valence-electron chi connectivity index (χ4n) is 7.91.